The maximum atomic E-state index is 13.7. The Hall–Kier alpha value is -5.80. The number of nitrogens with one attached hydrogen (secondary N) is 2. The van der Waals surface area contributed by atoms with Gasteiger partial charge in [0, 0.05) is 24.5 Å². The Balaban J connectivity index is 0.874. The summed E-state index contributed by atoms with van der Waals surface area (Å²) in [7, 11) is -20.9. The van der Waals surface area contributed by atoms with Crippen LogP contribution in [-0.2, 0) is 71.0 Å². The summed E-state index contributed by atoms with van der Waals surface area (Å²) in [6.45, 7) is -3.50. The van der Waals surface area contributed by atoms with Crippen molar-refractivity contribution in [2.45, 2.75) is 73.9 Å². The smallest absolute Gasteiger partial charge is 0.387 e. The number of hydrogen-bond donors (Lipinski definition) is 12. The summed E-state index contributed by atoms with van der Waals surface area (Å²) in [5.74, 6) is -1.78. The van der Waals surface area contributed by atoms with Crippen LogP contribution in [0.15, 0.2) is 40.0 Å². The number of azide groups is 1. The summed E-state index contributed by atoms with van der Waals surface area (Å²) in [5, 5.41) is 36.6. The number of phosphoric ester groups is 3. The molecule has 0 radical (unpaired) electrons. The number of H-pyrrole nitrogens is 2. The zero-order valence-corrected chi connectivity index (χ0v) is 43.8. The molecule has 0 aromatic carbocycles. The van der Waals surface area contributed by atoms with Crippen LogP contribution in [0.1, 0.15) is 25.1 Å². The number of phosphoric acid groups is 4. The lowest BCUT2D eigenvalue weighted by molar-refractivity contribution is -0.745. The zero-order valence-electron chi connectivity index (χ0n) is 40.3. The van der Waals surface area contributed by atoms with Gasteiger partial charge in [0.1, 0.15) is 54.6 Å². The molecular formula is C34H47N18O23P4+. The molecule has 430 valence electrons. The molecule has 0 spiro atoms. The van der Waals surface area contributed by atoms with Gasteiger partial charge >= 0.3 is 36.9 Å². The second kappa shape index (κ2) is 22.3. The van der Waals surface area contributed by atoms with Gasteiger partial charge < -0.3 is 71.0 Å². The van der Waals surface area contributed by atoms with Crippen molar-refractivity contribution in [2.75, 3.05) is 50.7 Å². The van der Waals surface area contributed by atoms with Gasteiger partial charge in [-0.2, -0.15) is 13.6 Å². The maximum Gasteiger partial charge on any atom is 0.490 e. The fraction of sp³-hybridized carbons (Fsp3) is 0.559. The number of imidazole rings is 3. The summed E-state index contributed by atoms with van der Waals surface area (Å²) < 4.78 is 110. The van der Waals surface area contributed by atoms with Gasteiger partial charge in [0.2, 0.25) is 17.7 Å². The topological polar surface area (TPSA) is 591 Å². The predicted molar refractivity (Wildman–Crippen MR) is 255 cm³/mol. The predicted octanol–water partition coefficient (Wildman–Crippen LogP) is -2.75. The summed E-state index contributed by atoms with van der Waals surface area (Å²) in [4.78, 5) is 99.2. The molecule has 6 aromatic heterocycles. The highest BCUT2D eigenvalue weighted by atomic mass is 31.3. The molecule has 15 N–H and O–H groups in total. The molecule has 3 aliphatic heterocycles. The van der Waals surface area contributed by atoms with E-state index in [1.807, 2.05) is 0 Å². The first-order valence-corrected chi connectivity index (χ1v) is 28.5. The highest BCUT2D eigenvalue weighted by Gasteiger charge is 2.54. The number of aromatic amines is 2. The average Bonchev–Trinajstić information content (AvgIpc) is 4.44. The minimum absolute atomic E-state index is 0.00469. The third-order valence-electron chi connectivity index (χ3n) is 12.4. The molecule has 45 heteroatoms. The highest BCUT2D eigenvalue weighted by molar-refractivity contribution is 7.66. The van der Waals surface area contributed by atoms with Gasteiger partial charge in [-0.1, -0.05) is 10.1 Å². The quantitative estimate of drug-likeness (QED) is 0.0108. The lowest BCUT2D eigenvalue weighted by Crippen LogP contribution is -2.45. The molecule has 41 nitrogen and oxygen atoms in total. The minimum Gasteiger partial charge on any atom is -0.387 e. The van der Waals surface area contributed by atoms with Gasteiger partial charge in [-0.05, 0) is 12.0 Å². The van der Waals surface area contributed by atoms with E-state index in [9.17, 15) is 62.7 Å². The average molecular weight is 1200 g/mol. The minimum atomic E-state index is -6.22. The summed E-state index contributed by atoms with van der Waals surface area (Å²) >= 11 is 0. The van der Waals surface area contributed by atoms with E-state index in [2.05, 4.69) is 58.5 Å². The van der Waals surface area contributed by atoms with E-state index in [0.29, 0.717) is 0 Å². The Labute approximate surface area is 437 Å². The van der Waals surface area contributed by atoms with Crippen LogP contribution >= 0.6 is 31.3 Å². The maximum absolute atomic E-state index is 13.7. The number of rotatable bonds is 22. The summed E-state index contributed by atoms with van der Waals surface area (Å²) in [6.07, 6.45) is -13.3. The number of aliphatic hydroxyl groups is 3. The van der Waals surface area contributed by atoms with Crippen molar-refractivity contribution < 1.29 is 103 Å². The number of aliphatic hydroxyl groups excluding tert-OH is 3. The molecule has 79 heavy (non-hydrogen) atoms. The van der Waals surface area contributed by atoms with E-state index in [1.165, 1.54) is 27.1 Å². The number of aryl methyl sites for hydroxylation is 1. The second-order valence-electron chi connectivity index (χ2n) is 17.4. The first-order valence-electron chi connectivity index (χ1n) is 22.5. The van der Waals surface area contributed by atoms with Crippen LogP contribution in [0.5, 0.6) is 0 Å². The van der Waals surface area contributed by atoms with Crippen LogP contribution < -0.4 is 32.9 Å². The van der Waals surface area contributed by atoms with Crippen LogP contribution in [0.4, 0.5) is 17.7 Å². The molecule has 3 saturated heterocycles. The van der Waals surface area contributed by atoms with Crippen molar-refractivity contribution in [1.82, 2.24) is 53.6 Å². The number of methoxy groups -OCH3 is 1. The Morgan fingerprint density at radius 1 is 0.747 bits per heavy atom. The van der Waals surface area contributed by atoms with Gasteiger partial charge in [-0.3, -0.25) is 51.4 Å². The van der Waals surface area contributed by atoms with Crippen molar-refractivity contribution >= 4 is 82.5 Å². The Morgan fingerprint density at radius 2 is 1.35 bits per heavy atom. The lowest BCUT2D eigenvalue weighted by Gasteiger charge is -2.26. The van der Waals surface area contributed by atoms with Crippen LogP contribution in [0.25, 0.3) is 43.9 Å². The first-order chi connectivity index (χ1) is 37.2. The number of ether oxygens (including phenoxy) is 4. The standard InChI is InChI=1S/C34H46N18O23P4/c1-49-11-52(27-18(49)29(57)47-34(37)45-27)30-19(53)12(3-4-43-48-38)13(70-30)5-68-77(60,61)74-79(64,65)75-78(62,63)69-7-15-22(23(66-2)32(72-15)50-9-41-16-24(35)39-8-40-25(16)50)73-76(58,59)67-6-14-20(54)21(55)31(71-14)51-10-42-17-26(51)44-33(36)46-28(17)56/h8-15,19-23,30-32,53-55H,3-7H2,1-2H3,(H11-,35,36,37,39,40,44,45,46,47,56,57,58,59,60,61,62,63,64,65)/p+1/t12-,13-,14-,15?,19-,20-,21-,22-,23-,30?,31-,32-/m1/s1. The third kappa shape index (κ3) is 12.0. The molecule has 0 aliphatic carbocycles. The molecule has 0 bridgehead atoms. The highest BCUT2D eigenvalue weighted by Crippen LogP contribution is 2.68. The van der Waals surface area contributed by atoms with Crippen molar-refractivity contribution in [3.63, 3.8) is 0 Å². The monoisotopic (exact) mass is 1200 g/mol. The Kier molecular flexibility index (Phi) is 16.3. The number of aromatic nitrogens is 12. The molecule has 6 unspecified atom stereocenters. The van der Waals surface area contributed by atoms with E-state index in [1.54, 1.807) is 0 Å². The zero-order chi connectivity index (χ0) is 57.1. The van der Waals surface area contributed by atoms with Crippen molar-refractivity contribution in [3.05, 3.63) is 56.5 Å². The van der Waals surface area contributed by atoms with Crippen LogP contribution in [0.3, 0.4) is 0 Å². The summed E-state index contributed by atoms with van der Waals surface area (Å²) in [6, 6.07) is 0. The Morgan fingerprint density at radius 3 is 2.04 bits per heavy atom. The normalized spacial score (nSPS) is 29.4. The molecule has 9 rings (SSSR count). The molecule has 6 aromatic rings. The van der Waals surface area contributed by atoms with E-state index < -0.39 is 136 Å². The van der Waals surface area contributed by atoms with Crippen molar-refractivity contribution in [3.8, 4) is 0 Å². The second-order valence-corrected chi connectivity index (χ2v) is 23.4. The Bertz CT molecular complexity index is 3650. The lowest BCUT2D eigenvalue weighted by atomic mass is 9.94. The van der Waals surface area contributed by atoms with Crippen LogP contribution in [0, 0.1) is 5.92 Å². The molecule has 0 amide bonds. The number of fused-ring (bicyclic) bond motifs is 3. The summed E-state index contributed by atoms with van der Waals surface area (Å²) in [5.41, 5.74) is 24.5. The van der Waals surface area contributed by atoms with Gasteiger partial charge in [0.05, 0.1) is 45.6 Å². The SMILES string of the molecule is CO[C@@H]1[C@H](OP(=O)(O)OC[C@H]2O[C@@H](n3cnc4c(=O)[nH]c(N)nc43)[C@H](O)[C@@H]2O)C(COP(=O)(O)OP(=O)(O)OP(=O)(O)OC[C@H]2OC([n+]3cn(C)c4c(=O)[nH]c(N)nc43)[C@H](O)[C@@H]2CCN=[N+]=[N-])O[C@H]1n1cnc2c(N)ncnc21. The third-order valence-corrected chi connectivity index (χ3v) is 17.6. The number of nitrogens with two attached hydrogens (primary N) is 3. The molecule has 3 fully saturated rings. The van der Waals surface area contributed by atoms with Gasteiger partial charge in [-0.15, -0.1) is 0 Å². The van der Waals surface area contributed by atoms with E-state index in [0.717, 1.165) is 30.7 Å². The largest absolute Gasteiger partial charge is 0.490 e. The van der Waals surface area contributed by atoms with E-state index in [-0.39, 0.29) is 64.2 Å². The van der Waals surface area contributed by atoms with Gasteiger partial charge in [-0.25, -0.2) is 42.8 Å². The fourth-order valence-electron chi connectivity index (χ4n) is 8.98. The van der Waals surface area contributed by atoms with Crippen molar-refractivity contribution in [1.29, 1.82) is 0 Å². The van der Waals surface area contributed by atoms with Crippen LogP contribution in [-0.4, -0.2) is 171 Å². The molecule has 3 aliphatic rings. The van der Waals surface area contributed by atoms with Crippen molar-refractivity contribution in [2.24, 2.45) is 18.1 Å². The van der Waals surface area contributed by atoms with Crippen LogP contribution in [0.2, 0.25) is 0 Å². The van der Waals surface area contributed by atoms with Gasteiger partial charge in [0.15, 0.2) is 41.4 Å². The molecular weight excluding hydrogens is 1150 g/mol. The number of hydrogen-bond acceptors (Lipinski definition) is 29. The molecule has 16 atom stereocenters. The van der Waals surface area contributed by atoms with E-state index >= 15 is 0 Å². The van der Waals surface area contributed by atoms with E-state index in [4.69, 9.17) is 59.8 Å². The molecule has 0 saturated carbocycles. The fourth-order valence-corrected chi connectivity index (χ4v) is 13.5. The number of anilines is 3. The van der Waals surface area contributed by atoms with Gasteiger partial charge in [0.25, 0.3) is 17.1 Å². The number of nitrogens with zero attached hydrogens (tertiary/aromatic N) is 13. The first kappa shape index (κ1) is 57.9. The number of nitrogen functional groups attached to an aromatic ring is 3. The molecule has 9 heterocycles.